The van der Waals surface area contributed by atoms with Crippen molar-refractivity contribution in [3.05, 3.63) is 107 Å². The molecule has 2 aliphatic heterocycles. The van der Waals surface area contributed by atoms with E-state index >= 15 is 0 Å². The molecule has 0 saturated heterocycles. The molecular weight excluding hydrogens is 564 g/mol. The zero-order valence-corrected chi connectivity index (χ0v) is 24.1. The van der Waals surface area contributed by atoms with Crippen LogP contribution in [0.2, 0.25) is 5.02 Å². The average Bonchev–Trinajstić information content (AvgIpc) is 3.20. The number of hydrogen-bond donors (Lipinski definition) is 3. The van der Waals surface area contributed by atoms with E-state index in [2.05, 4.69) is 22.7 Å². The van der Waals surface area contributed by atoms with Crippen LogP contribution in [0.25, 0.3) is 11.1 Å². The maximum absolute atomic E-state index is 14.7. The number of benzene rings is 2. The molecule has 0 saturated carbocycles. The Morgan fingerprint density at radius 1 is 1.24 bits per heavy atom. The lowest BCUT2D eigenvalue weighted by molar-refractivity contribution is -0.116. The fourth-order valence-corrected chi connectivity index (χ4v) is 5.08. The van der Waals surface area contributed by atoms with Crippen molar-refractivity contribution in [2.75, 3.05) is 17.7 Å². The van der Waals surface area contributed by atoms with E-state index in [0.29, 0.717) is 37.1 Å². The summed E-state index contributed by atoms with van der Waals surface area (Å²) in [5, 5.41) is 5.40. The highest BCUT2D eigenvalue weighted by molar-refractivity contribution is 6.31. The molecule has 2 unspecified atom stereocenters. The lowest BCUT2D eigenvalue weighted by atomic mass is 9.84. The number of hydrogen-bond acceptors (Lipinski definition) is 5. The number of ether oxygens (including phenoxy) is 1. The number of hydroxylamine groups is 1. The zero-order chi connectivity index (χ0) is 30.2. The van der Waals surface area contributed by atoms with Crippen LogP contribution in [-0.2, 0) is 14.4 Å². The van der Waals surface area contributed by atoms with E-state index < -0.39 is 23.8 Å². The number of halogens is 3. The SMILES string of the molecule is C=C1/C=C(\C=C/C)c2ccc(NC(=O)OC)cc2NC(=O)CCCCC1C1C=CC(c2c(F)ccc(Cl)c2F)=CON1. The van der Waals surface area contributed by atoms with Crippen LogP contribution in [0, 0.1) is 17.6 Å². The molecule has 2 aromatic rings. The van der Waals surface area contributed by atoms with Gasteiger partial charge in [0.25, 0.3) is 0 Å². The summed E-state index contributed by atoms with van der Waals surface area (Å²) in [7, 11) is 1.27. The first-order valence-electron chi connectivity index (χ1n) is 13.5. The van der Waals surface area contributed by atoms with Gasteiger partial charge in [0.05, 0.1) is 29.4 Å². The molecule has 0 radical (unpaired) electrons. The minimum Gasteiger partial charge on any atom is -0.453 e. The number of carbonyl (C=O) groups excluding carboxylic acids is 2. The summed E-state index contributed by atoms with van der Waals surface area (Å²) in [6.45, 7) is 6.26. The van der Waals surface area contributed by atoms with Crippen LogP contribution in [0.3, 0.4) is 0 Å². The molecule has 2 amide bonds. The second-order valence-corrected chi connectivity index (χ2v) is 10.3. The van der Waals surface area contributed by atoms with Gasteiger partial charge in [0, 0.05) is 29.2 Å². The summed E-state index contributed by atoms with van der Waals surface area (Å²) in [6.07, 6.45) is 12.0. The largest absolute Gasteiger partial charge is 0.453 e. The summed E-state index contributed by atoms with van der Waals surface area (Å²) in [4.78, 5) is 30.2. The van der Waals surface area contributed by atoms with E-state index in [4.69, 9.17) is 21.2 Å². The molecule has 42 heavy (non-hydrogen) atoms. The maximum Gasteiger partial charge on any atom is 0.411 e. The van der Waals surface area contributed by atoms with Crippen molar-refractivity contribution in [3.8, 4) is 0 Å². The third-order valence-corrected chi connectivity index (χ3v) is 7.30. The Morgan fingerprint density at radius 3 is 2.81 bits per heavy atom. The van der Waals surface area contributed by atoms with Gasteiger partial charge in [0.15, 0.2) is 5.82 Å². The molecule has 4 rings (SSSR count). The summed E-state index contributed by atoms with van der Waals surface area (Å²) in [5.41, 5.74) is 6.17. The van der Waals surface area contributed by atoms with Crippen LogP contribution in [-0.4, -0.2) is 25.2 Å². The first-order valence-corrected chi connectivity index (χ1v) is 13.9. The molecule has 3 N–H and O–H groups in total. The normalized spacial score (nSPS) is 21.0. The highest BCUT2D eigenvalue weighted by atomic mass is 35.5. The fourth-order valence-electron chi connectivity index (χ4n) is 4.92. The minimum atomic E-state index is -0.870. The van der Waals surface area contributed by atoms with Crippen LogP contribution in [0.1, 0.15) is 43.7 Å². The van der Waals surface area contributed by atoms with Gasteiger partial charge in [-0.15, -0.1) is 5.48 Å². The molecule has 0 aromatic heterocycles. The molecule has 220 valence electrons. The highest BCUT2D eigenvalue weighted by Crippen LogP contribution is 2.34. The van der Waals surface area contributed by atoms with Gasteiger partial charge >= 0.3 is 6.09 Å². The van der Waals surface area contributed by atoms with E-state index in [1.165, 1.54) is 13.4 Å². The maximum atomic E-state index is 14.7. The quantitative estimate of drug-likeness (QED) is 0.312. The first-order chi connectivity index (χ1) is 20.2. The Bertz CT molecular complexity index is 1500. The third kappa shape index (κ3) is 7.35. The van der Waals surface area contributed by atoms with Crippen LogP contribution >= 0.6 is 11.6 Å². The molecule has 10 heteroatoms. The van der Waals surface area contributed by atoms with E-state index in [1.54, 1.807) is 30.4 Å². The van der Waals surface area contributed by atoms with Crippen LogP contribution < -0.4 is 16.1 Å². The van der Waals surface area contributed by atoms with Crippen LogP contribution in [0.5, 0.6) is 0 Å². The molecule has 7 nitrogen and oxygen atoms in total. The highest BCUT2D eigenvalue weighted by Gasteiger charge is 2.25. The Balaban J connectivity index is 1.70. The molecule has 0 aliphatic carbocycles. The molecule has 2 aromatic carbocycles. The van der Waals surface area contributed by atoms with Gasteiger partial charge in [-0.05, 0) is 55.2 Å². The molecular formula is C32H32ClF2N3O4. The van der Waals surface area contributed by atoms with E-state index in [0.717, 1.165) is 28.8 Å². The smallest absolute Gasteiger partial charge is 0.411 e. The van der Waals surface area contributed by atoms with Crippen molar-refractivity contribution in [2.45, 2.75) is 38.6 Å². The number of methoxy groups -OCH3 is 1. The average molecular weight is 596 g/mol. The summed E-state index contributed by atoms with van der Waals surface area (Å²) in [5.74, 6) is -1.97. The predicted octanol–water partition coefficient (Wildman–Crippen LogP) is 7.94. The molecule has 0 bridgehead atoms. The van der Waals surface area contributed by atoms with Crippen molar-refractivity contribution in [3.63, 3.8) is 0 Å². The van der Waals surface area contributed by atoms with Gasteiger partial charge in [-0.2, -0.15) is 0 Å². The number of nitrogens with one attached hydrogen (secondary N) is 3. The Morgan fingerprint density at radius 2 is 2.05 bits per heavy atom. The molecule has 2 atom stereocenters. The van der Waals surface area contributed by atoms with Crippen LogP contribution in [0.15, 0.2) is 79.1 Å². The fraction of sp³-hybridized carbons (Fsp3) is 0.250. The van der Waals surface area contributed by atoms with Gasteiger partial charge in [-0.25, -0.2) is 13.6 Å². The number of allylic oxidation sites excluding steroid dienone is 6. The lowest BCUT2D eigenvalue weighted by Crippen LogP contribution is -2.34. The Labute approximate surface area is 248 Å². The van der Waals surface area contributed by atoms with E-state index in [1.807, 2.05) is 25.2 Å². The number of fused-ring (bicyclic) bond motifs is 1. The standard InChI is InChI=1S/C32H32ClF2N3O4/c1-4-7-20-16-19(2)23(27-15-10-21(18-42-38-27)30-26(34)14-13-25(33)31(30)35)8-5-6-9-29(39)37-28-17-22(11-12-24(20)28)36-32(40)41-3/h4,7,10-18,23,27,38H,2,5-6,8-9H2,1,3H3,(H,36,40)(H,37,39)/b7-4-,20-16+. The lowest BCUT2D eigenvalue weighted by Gasteiger charge is -2.26. The van der Waals surface area contributed by atoms with Crippen molar-refractivity contribution in [1.82, 2.24) is 5.48 Å². The summed E-state index contributed by atoms with van der Waals surface area (Å²) < 4.78 is 34.0. The monoisotopic (exact) mass is 595 g/mol. The van der Waals surface area contributed by atoms with Crippen molar-refractivity contribution < 1.29 is 27.9 Å². The summed E-state index contributed by atoms with van der Waals surface area (Å²) in [6, 6.07) is 7.07. The van der Waals surface area contributed by atoms with Crippen molar-refractivity contribution >= 4 is 46.1 Å². The van der Waals surface area contributed by atoms with Gasteiger partial charge < -0.3 is 14.9 Å². The molecule has 0 spiro atoms. The number of anilines is 2. The zero-order valence-electron chi connectivity index (χ0n) is 23.3. The predicted molar refractivity (Wildman–Crippen MR) is 161 cm³/mol. The summed E-state index contributed by atoms with van der Waals surface area (Å²) >= 11 is 5.90. The van der Waals surface area contributed by atoms with Gasteiger partial charge in [-0.1, -0.05) is 61.0 Å². The van der Waals surface area contributed by atoms with Crippen molar-refractivity contribution in [2.24, 2.45) is 5.92 Å². The Hall–Kier alpha value is -4.21. The van der Waals surface area contributed by atoms with Gasteiger partial charge in [0.2, 0.25) is 5.91 Å². The van der Waals surface area contributed by atoms with Crippen molar-refractivity contribution in [1.29, 1.82) is 0 Å². The third-order valence-electron chi connectivity index (χ3n) is 7.01. The molecule has 2 heterocycles. The second-order valence-electron chi connectivity index (χ2n) is 9.86. The van der Waals surface area contributed by atoms with Gasteiger partial charge in [0.1, 0.15) is 12.1 Å². The van der Waals surface area contributed by atoms with Crippen LogP contribution in [0.4, 0.5) is 25.0 Å². The van der Waals surface area contributed by atoms with E-state index in [9.17, 15) is 18.4 Å². The molecule has 0 fully saturated rings. The minimum absolute atomic E-state index is 0.155. The topological polar surface area (TPSA) is 88.7 Å². The number of rotatable bonds is 4. The number of amides is 2. The first kappa shape index (κ1) is 30.7. The van der Waals surface area contributed by atoms with Gasteiger partial charge in [-0.3, -0.25) is 10.1 Å². The molecule has 2 aliphatic rings. The number of carbonyl (C=O) groups is 2. The van der Waals surface area contributed by atoms with E-state index in [-0.39, 0.29) is 28.0 Å². The Kier molecular flexibility index (Phi) is 10.3. The second kappa shape index (κ2) is 14.1.